The first-order valence-electron chi connectivity index (χ1n) is 4.94. The molecule has 0 aliphatic rings. The van der Waals surface area contributed by atoms with E-state index >= 15 is 0 Å². The highest BCUT2D eigenvalue weighted by molar-refractivity contribution is 5.78. The van der Waals surface area contributed by atoms with Crippen LogP contribution in [-0.2, 0) is 5.92 Å². The van der Waals surface area contributed by atoms with Crippen LogP contribution < -0.4 is 0 Å². The fourth-order valence-electron chi connectivity index (χ4n) is 1.39. The van der Waals surface area contributed by atoms with Crippen LogP contribution in [0.4, 0.5) is 26.7 Å². The van der Waals surface area contributed by atoms with Crippen LogP contribution in [0.5, 0.6) is 0 Å². The minimum atomic E-state index is -5.89. The predicted molar refractivity (Wildman–Crippen MR) is 50.9 cm³/mol. The minimum absolute atomic E-state index is 0.155. The van der Waals surface area contributed by atoms with Gasteiger partial charge in [-0.1, -0.05) is 10.4 Å². The van der Waals surface area contributed by atoms with Crippen LogP contribution in [0.1, 0.15) is 11.4 Å². The van der Waals surface area contributed by atoms with Crippen LogP contribution in [0.2, 0.25) is 0 Å². The molecule has 0 aliphatic carbocycles. The summed E-state index contributed by atoms with van der Waals surface area (Å²) in [5, 5.41) is 12.5. The summed E-state index contributed by atoms with van der Waals surface area (Å²) in [4.78, 5) is 11.7. The summed E-state index contributed by atoms with van der Waals surface area (Å²) in [7, 11) is 0. The number of carbonyl (C=O) groups is 1. The van der Waals surface area contributed by atoms with Gasteiger partial charge in [0.2, 0.25) is 0 Å². The second kappa shape index (κ2) is 4.31. The molecule has 7 nitrogen and oxygen atoms in total. The first kappa shape index (κ1) is 14.0. The molecule has 0 saturated heterocycles. The van der Waals surface area contributed by atoms with E-state index in [9.17, 15) is 26.7 Å². The second-order valence-electron chi connectivity index (χ2n) is 3.64. The van der Waals surface area contributed by atoms with Gasteiger partial charge in [-0.3, -0.25) is 0 Å². The Balaban J connectivity index is 2.57. The number of halogens is 5. The molecule has 0 saturated carbocycles. The van der Waals surface area contributed by atoms with Crippen LogP contribution >= 0.6 is 0 Å². The van der Waals surface area contributed by atoms with Crippen molar-refractivity contribution >= 4 is 6.03 Å². The standard InChI is InChI=1S/C8H5F5N6O/c1-4-5(7(9,10)8(11,12)13)19(17-15-4)6(20)18-3-2-14-16-18/h2-3H,1H3. The average molecular weight is 296 g/mol. The quantitative estimate of drug-likeness (QED) is 0.742. The molecule has 2 rings (SSSR count). The molecule has 0 unspecified atom stereocenters. The summed E-state index contributed by atoms with van der Waals surface area (Å²) in [5.74, 6) is -5.28. The first-order chi connectivity index (χ1) is 9.16. The summed E-state index contributed by atoms with van der Waals surface area (Å²) < 4.78 is 64.3. The molecular formula is C8H5F5N6O. The number of carbonyl (C=O) groups excluding carboxylic acids is 1. The van der Waals surface area contributed by atoms with Gasteiger partial charge in [-0.25, -0.2) is 4.79 Å². The van der Waals surface area contributed by atoms with E-state index in [1.807, 2.05) is 0 Å². The lowest BCUT2D eigenvalue weighted by molar-refractivity contribution is -0.291. The number of nitrogens with zero attached hydrogens (tertiary/aromatic N) is 6. The lowest BCUT2D eigenvalue weighted by Gasteiger charge is -2.19. The zero-order valence-corrected chi connectivity index (χ0v) is 9.64. The van der Waals surface area contributed by atoms with Crippen molar-refractivity contribution in [2.75, 3.05) is 0 Å². The van der Waals surface area contributed by atoms with E-state index in [1.54, 1.807) is 0 Å². The maximum absolute atomic E-state index is 13.4. The fraction of sp³-hybridized carbons (Fsp3) is 0.375. The maximum Gasteiger partial charge on any atom is 0.459 e. The molecule has 0 aliphatic heterocycles. The largest absolute Gasteiger partial charge is 0.459 e. The van der Waals surface area contributed by atoms with E-state index in [0.29, 0.717) is 4.68 Å². The van der Waals surface area contributed by atoms with Crippen molar-refractivity contribution in [2.24, 2.45) is 0 Å². The third kappa shape index (κ3) is 2.02. The summed E-state index contributed by atoms with van der Waals surface area (Å²) in [5.41, 5.74) is -2.38. The average Bonchev–Trinajstić information content (AvgIpc) is 2.95. The highest BCUT2D eigenvalue weighted by Gasteiger charge is 2.62. The molecule has 2 aromatic rings. The van der Waals surface area contributed by atoms with Crippen LogP contribution in [-0.4, -0.2) is 42.2 Å². The van der Waals surface area contributed by atoms with Gasteiger partial charge in [0.15, 0.2) is 5.69 Å². The summed E-state index contributed by atoms with van der Waals surface area (Å²) >= 11 is 0. The number of hydrogen-bond donors (Lipinski definition) is 0. The van der Waals surface area contributed by atoms with Crippen LogP contribution in [0.15, 0.2) is 12.4 Å². The van der Waals surface area contributed by atoms with E-state index in [1.165, 1.54) is 0 Å². The van der Waals surface area contributed by atoms with Crippen molar-refractivity contribution in [3.05, 3.63) is 23.8 Å². The molecule has 0 spiro atoms. The molecule has 0 bridgehead atoms. The van der Waals surface area contributed by atoms with Gasteiger partial charge in [0, 0.05) is 0 Å². The van der Waals surface area contributed by atoms with Crippen LogP contribution in [0, 0.1) is 6.92 Å². The summed E-state index contributed by atoms with van der Waals surface area (Å²) in [6.07, 6.45) is -3.88. The lowest BCUT2D eigenvalue weighted by atomic mass is 10.2. The van der Waals surface area contributed by atoms with Crippen molar-refractivity contribution in [3.63, 3.8) is 0 Å². The molecule has 12 heteroatoms. The highest BCUT2D eigenvalue weighted by atomic mass is 19.4. The number of aromatic nitrogens is 6. The molecule has 0 fully saturated rings. The summed E-state index contributed by atoms with van der Waals surface area (Å²) in [6, 6.07) is -1.36. The Morgan fingerprint density at radius 1 is 1.20 bits per heavy atom. The third-order valence-electron chi connectivity index (χ3n) is 2.29. The Hall–Kier alpha value is -2.40. The number of alkyl halides is 5. The fourth-order valence-corrected chi connectivity index (χ4v) is 1.39. The van der Waals surface area contributed by atoms with E-state index in [2.05, 4.69) is 20.6 Å². The maximum atomic E-state index is 13.4. The smallest absolute Gasteiger partial charge is 0.243 e. The Bertz CT molecular complexity index is 630. The molecule has 108 valence electrons. The molecule has 2 aromatic heterocycles. The van der Waals surface area contributed by atoms with Crippen LogP contribution in [0.25, 0.3) is 0 Å². The summed E-state index contributed by atoms with van der Waals surface area (Å²) in [6.45, 7) is 0.882. The van der Waals surface area contributed by atoms with Crippen molar-refractivity contribution in [1.82, 2.24) is 30.0 Å². The number of rotatable bonds is 1. The topological polar surface area (TPSA) is 78.5 Å². The highest BCUT2D eigenvalue weighted by Crippen LogP contribution is 2.44. The van der Waals surface area contributed by atoms with Gasteiger partial charge in [0.1, 0.15) is 0 Å². The normalized spacial score (nSPS) is 12.7. The van der Waals surface area contributed by atoms with Gasteiger partial charge in [-0.05, 0) is 6.92 Å². The van der Waals surface area contributed by atoms with E-state index in [-0.39, 0.29) is 4.68 Å². The Labute approximate surface area is 107 Å². The molecule has 0 atom stereocenters. The van der Waals surface area contributed by atoms with Crippen molar-refractivity contribution in [2.45, 2.75) is 19.0 Å². The van der Waals surface area contributed by atoms with E-state index < -0.39 is 29.5 Å². The first-order valence-corrected chi connectivity index (χ1v) is 4.94. The van der Waals surface area contributed by atoms with Gasteiger partial charge in [-0.2, -0.15) is 31.3 Å². The van der Waals surface area contributed by atoms with Crippen molar-refractivity contribution < 1.29 is 26.7 Å². The van der Waals surface area contributed by atoms with Crippen molar-refractivity contribution in [3.8, 4) is 0 Å². The molecule has 0 aromatic carbocycles. The number of aryl methyl sites for hydroxylation is 1. The van der Waals surface area contributed by atoms with Gasteiger partial charge >= 0.3 is 18.1 Å². The van der Waals surface area contributed by atoms with Crippen LogP contribution in [0.3, 0.4) is 0 Å². The van der Waals surface area contributed by atoms with E-state index in [4.69, 9.17) is 0 Å². The monoisotopic (exact) mass is 296 g/mol. The lowest BCUT2D eigenvalue weighted by Crippen LogP contribution is -2.38. The van der Waals surface area contributed by atoms with Crippen molar-refractivity contribution in [1.29, 1.82) is 0 Å². The SMILES string of the molecule is Cc1nnn(C(=O)n2ccnn2)c1C(F)(F)C(F)(F)F. The van der Waals surface area contributed by atoms with Gasteiger partial charge in [-0.15, -0.1) is 10.2 Å². The molecule has 2 heterocycles. The zero-order valence-electron chi connectivity index (χ0n) is 9.64. The molecular weight excluding hydrogens is 291 g/mol. The Morgan fingerprint density at radius 2 is 1.85 bits per heavy atom. The van der Waals surface area contributed by atoms with Gasteiger partial charge in [0.05, 0.1) is 18.1 Å². The van der Waals surface area contributed by atoms with Gasteiger partial charge < -0.3 is 0 Å². The zero-order chi connectivity index (χ0) is 15.1. The molecule has 0 amide bonds. The molecule has 0 N–H and O–H groups in total. The predicted octanol–water partition coefficient (Wildman–Crippen LogP) is 1.35. The minimum Gasteiger partial charge on any atom is -0.243 e. The molecule has 0 radical (unpaired) electrons. The molecule has 20 heavy (non-hydrogen) atoms. The van der Waals surface area contributed by atoms with E-state index in [0.717, 1.165) is 19.3 Å². The number of hydrogen-bond acceptors (Lipinski definition) is 5. The van der Waals surface area contributed by atoms with Gasteiger partial charge in [0.25, 0.3) is 0 Å². The Kier molecular flexibility index (Phi) is 3.02. The third-order valence-corrected chi connectivity index (χ3v) is 2.29. The second-order valence-corrected chi connectivity index (χ2v) is 3.64. The Morgan fingerprint density at radius 3 is 2.35 bits per heavy atom.